The number of rotatable bonds is 7. The lowest BCUT2D eigenvalue weighted by Crippen LogP contribution is -2.37. The Bertz CT molecular complexity index is 324. The van der Waals surface area contributed by atoms with E-state index < -0.39 is 22.2 Å². The fourth-order valence-corrected chi connectivity index (χ4v) is 3.08. The van der Waals surface area contributed by atoms with Crippen LogP contribution in [0.1, 0.15) is 27.7 Å². The first kappa shape index (κ1) is 17.1. The minimum absolute atomic E-state index is 0.0396. The molecular weight excluding hydrogens is 254 g/mol. The van der Waals surface area contributed by atoms with Gasteiger partial charge in [0.25, 0.3) is 0 Å². The van der Waals surface area contributed by atoms with E-state index >= 15 is 0 Å². The van der Waals surface area contributed by atoms with Crippen molar-refractivity contribution < 1.29 is 18.5 Å². The Labute approximate surface area is 111 Å². The van der Waals surface area contributed by atoms with Crippen molar-refractivity contribution in [1.29, 1.82) is 0 Å². The second kappa shape index (κ2) is 7.51. The van der Waals surface area contributed by atoms with Crippen LogP contribution in [0.15, 0.2) is 0 Å². The van der Waals surface area contributed by atoms with Crippen molar-refractivity contribution in [3.63, 3.8) is 0 Å². The molecule has 1 amide bonds. The highest BCUT2D eigenvalue weighted by Gasteiger charge is 2.31. The number of ether oxygens (including phenoxy) is 1. The van der Waals surface area contributed by atoms with Crippen molar-refractivity contribution in [3.05, 3.63) is 0 Å². The van der Waals surface area contributed by atoms with Gasteiger partial charge in [0.2, 0.25) is 5.91 Å². The van der Waals surface area contributed by atoms with Crippen molar-refractivity contribution in [2.24, 2.45) is 5.41 Å². The van der Waals surface area contributed by atoms with Crippen LogP contribution in [0.3, 0.4) is 0 Å². The van der Waals surface area contributed by atoms with E-state index in [1.807, 2.05) is 13.8 Å². The van der Waals surface area contributed by atoms with E-state index in [0.29, 0.717) is 13.1 Å². The quantitative estimate of drug-likeness (QED) is 0.646. The first-order chi connectivity index (χ1) is 8.28. The van der Waals surface area contributed by atoms with Crippen LogP contribution in [0.5, 0.6) is 0 Å². The van der Waals surface area contributed by atoms with E-state index in [2.05, 4.69) is 4.74 Å². The molecule has 0 bridgehead atoms. The highest BCUT2D eigenvalue weighted by atomic mass is 32.2. The van der Waals surface area contributed by atoms with E-state index in [-0.39, 0.29) is 17.4 Å². The van der Waals surface area contributed by atoms with Crippen LogP contribution < -0.4 is 0 Å². The highest BCUT2D eigenvalue weighted by molar-refractivity contribution is 7.85. The van der Waals surface area contributed by atoms with Gasteiger partial charge in [-0.25, -0.2) is 0 Å². The summed E-state index contributed by atoms with van der Waals surface area (Å²) >= 11 is 0. The molecule has 106 valence electrons. The maximum atomic E-state index is 11.9. The minimum atomic E-state index is -1.36. The Hall–Kier alpha value is -0.910. The van der Waals surface area contributed by atoms with Crippen LogP contribution in [-0.2, 0) is 25.1 Å². The van der Waals surface area contributed by atoms with Gasteiger partial charge in [0, 0.05) is 29.6 Å². The Morgan fingerprint density at radius 1 is 1.22 bits per heavy atom. The molecule has 0 spiro atoms. The van der Waals surface area contributed by atoms with E-state index in [1.165, 1.54) is 7.11 Å². The summed E-state index contributed by atoms with van der Waals surface area (Å²) in [5, 5.41) is 0. The molecule has 0 aliphatic rings. The van der Waals surface area contributed by atoms with Gasteiger partial charge in [-0.3, -0.25) is 13.8 Å². The zero-order chi connectivity index (χ0) is 14.3. The predicted octanol–water partition coefficient (Wildman–Crippen LogP) is 0.803. The van der Waals surface area contributed by atoms with E-state index in [0.717, 1.165) is 0 Å². The van der Waals surface area contributed by atoms with Gasteiger partial charge in [-0.15, -0.1) is 0 Å². The predicted molar refractivity (Wildman–Crippen MR) is 71.6 cm³/mol. The van der Waals surface area contributed by atoms with Gasteiger partial charge in [-0.1, -0.05) is 0 Å². The topological polar surface area (TPSA) is 63.7 Å². The molecule has 0 saturated carbocycles. The van der Waals surface area contributed by atoms with Crippen molar-refractivity contribution in [1.82, 2.24) is 4.90 Å². The van der Waals surface area contributed by atoms with Crippen LogP contribution in [0.25, 0.3) is 0 Å². The molecule has 0 N–H and O–H groups in total. The molecule has 1 unspecified atom stereocenters. The molecule has 0 aromatic heterocycles. The summed E-state index contributed by atoms with van der Waals surface area (Å²) in [6, 6.07) is 0. The SMILES string of the molecule is CCN(CC)C(=O)CS(=O)CC(C)(C)C(=O)OC. The van der Waals surface area contributed by atoms with Crippen molar-refractivity contribution in [3.8, 4) is 0 Å². The fourth-order valence-electron chi connectivity index (χ4n) is 1.59. The lowest BCUT2D eigenvalue weighted by atomic mass is 9.97. The highest BCUT2D eigenvalue weighted by Crippen LogP contribution is 2.18. The molecule has 18 heavy (non-hydrogen) atoms. The maximum absolute atomic E-state index is 11.9. The first-order valence-corrected chi connectivity index (χ1v) is 7.48. The Balaban J connectivity index is 4.44. The lowest BCUT2D eigenvalue weighted by molar-refractivity contribution is -0.149. The first-order valence-electron chi connectivity index (χ1n) is 5.99. The van der Waals surface area contributed by atoms with Crippen LogP contribution >= 0.6 is 0 Å². The summed E-state index contributed by atoms with van der Waals surface area (Å²) in [7, 11) is -0.0579. The third-order valence-electron chi connectivity index (χ3n) is 2.66. The van der Waals surface area contributed by atoms with Gasteiger partial charge in [0.05, 0.1) is 12.5 Å². The van der Waals surface area contributed by atoms with Gasteiger partial charge in [-0.2, -0.15) is 0 Å². The number of carbonyl (C=O) groups excluding carboxylic acids is 2. The molecule has 6 heteroatoms. The van der Waals surface area contributed by atoms with Gasteiger partial charge < -0.3 is 9.64 Å². The van der Waals surface area contributed by atoms with Crippen LogP contribution in [-0.4, -0.2) is 52.7 Å². The Morgan fingerprint density at radius 3 is 2.11 bits per heavy atom. The monoisotopic (exact) mass is 277 g/mol. The smallest absolute Gasteiger partial charge is 0.312 e. The second-order valence-electron chi connectivity index (χ2n) is 4.67. The number of hydrogen-bond acceptors (Lipinski definition) is 4. The molecule has 5 nitrogen and oxygen atoms in total. The normalized spacial score (nSPS) is 12.9. The third kappa shape index (κ3) is 5.16. The molecule has 0 rings (SSSR count). The van der Waals surface area contributed by atoms with Crippen LogP contribution in [0.4, 0.5) is 0 Å². The summed E-state index contributed by atoms with van der Waals surface area (Å²) in [6.07, 6.45) is 0. The zero-order valence-electron chi connectivity index (χ0n) is 11.8. The zero-order valence-corrected chi connectivity index (χ0v) is 12.6. The van der Waals surface area contributed by atoms with Gasteiger partial charge in [-0.05, 0) is 27.7 Å². The van der Waals surface area contributed by atoms with E-state index in [1.54, 1.807) is 18.7 Å². The number of amides is 1. The number of carbonyl (C=O) groups is 2. The molecule has 0 fully saturated rings. The van der Waals surface area contributed by atoms with Crippen molar-refractivity contribution >= 4 is 22.7 Å². The minimum Gasteiger partial charge on any atom is -0.469 e. The fraction of sp³-hybridized carbons (Fsp3) is 0.833. The second-order valence-corrected chi connectivity index (χ2v) is 6.13. The molecule has 1 atom stereocenters. The van der Waals surface area contributed by atoms with E-state index in [9.17, 15) is 13.8 Å². The summed E-state index contributed by atoms with van der Waals surface area (Å²) in [5.41, 5.74) is -0.830. The molecule has 0 aliphatic carbocycles. The molecule has 0 saturated heterocycles. The van der Waals surface area contributed by atoms with E-state index in [4.69, 9.17) is 0 Å². The van der Waals surface area contributed by atoms with Gasteiger partial charge in [0.1, 0.15) is 5.75 Å². The molecular formula is C12H23NO4S. The summed E-state index contributed by atoms with van der Waals surface area (Å²) in [6.45, 7) is 8.29. The van der Waals surface area contributed by atoms with Crippen LogP contribution in [0.2, 0.25) is 0 Å². The third-order valence-corrected chi connectivity index (χ3v) is 4.27. The molecule has 0 aromatic rings. The summed E-state index contributed by atoms with van der Waals surface area (Å²) in [4.78, 5) is 24.8. The number of esters is 1. The Morgan fingerprint density at radius 2 is 1.72 bits per heavy atom. The Kier molecular flexibility index (Phi) is 7.13. The van der Waals surface area contributed by atoms with Crippen molar-refractivity contribution in [2.45, 2.75) is 27.7 Å². The summed E-state index contributed by atoms with van der Waals surface area (Å²) < 4.78 is 16.5. The number of nitrogens with zero attached hydrogens (tertiary/aromatic N) is 1. The van der Waals surface area contributed by atoms with Crippen LogP contribution in [0, 0.1) is 5.41 Å². The number of methoxy groups -OCH3 is 1. The molecule has 0 heterocycles. The van der Waals surface area contributed by atoms with Gasteiger partial charge in [0.15, 0.2) is 0 Å². The largest absolute Gasteiger partial charge is 0.469 e. The van der Waals surface area contributed by atoms with Crippen molar-refractivity contribution in [2.75, 3.05) is 31.7 Å². The molecule has 0 aromatic carbocycles. The molecule has 0 aliphatic heterocycles. The molecule has 0 radical (unpaired) electrons. The van der Waals surface area contributed by atoms with Gasteiger partial charge >= 0.3 is 5.97 Å². The standard InChI is InChI=1S/C12H23NO4S/c1-6-13(7-2)10(14)8-18(16)9-12(3,4)11(15)17-5/h6-9H2,1-5H3. The average Bonchev–Trinajstić information content (AvgIpc) is 2.28. The number of hydrogen-bond donors (Lipinski definition) is 0. The maximum Gasteiger partial charge on any atom is 0.312 e. The lowest BCUT2D eigenvalue weighted by Gasteiger charge is -2.22. The summed E-state index contributed by atoms with van der Waals surface area (Å²) in [5.74, 6) is -0.459. The average molecular weight is 277 g/mol.